The van der Waals surface area contributed by atoms with Crippen molar-refractivity contribution >= 4 is 10.8 Å². The van der Waals surface area contributed by atoms with E-state index in [0.29, 0.717) is 0 Å². The molecule has 1 nitrogen and oxygen atoms in total. The van der Waals surface area contributed by atoms with Crippen LogP contribution in [0.1, 0.15) is 50.9 Å². The van der Waals surface area contributed by atoms with E-state index in [2.05, 4.69) is 43.1 Å². The molecule has 0 atom stereocenters. The van der Waals surface area contributed by atoms with Crippen molar-refractivity contribution < 1.29 is 0 Å². The number of aromatic nitrogens is 1. The molecule has 1 aromatic carbocycles. The Kier molecular flexibility index (Phi) is 4.24. The van der Waals surface area contributed by atoms with Gasteiger partial charge in [0, 0.05) is 22.2 Å². The fourth-order valence-corrected chi connectivity index (χ4v) is 2.43. The highest BCUT2D eigenvalue weighted by Gasteiger charge is 2.08. The summed E-state index contributed by atoms with van der Waals surface area (Å²) in [4.78, 5) is 3.66. The number of aromatic amines is 1. The van der Waals surface area contributed by atoms with Crippen molar-refractivity contribution in [2.75, 3.05) is 0 Å². The van der Waals surface area contributed by atoms with Crippen molar-refractivity contribution in [1.82, 2.24) is 4.98 Å². The summed E-state index contributed by atoms with van der Waals surface area (Å²) in [6.07, 6.45) is 7.44. The summed E-state index contributed by atoms with van der Waals surface area (Å²) >= 11 is 0. The molecule has 0 saturated heterocycles. The third-order valence-electron chi connectivity index (χ3n) is 3.44. The molecule has 92 valence electrons. The SMILES string of the molecule is CCCCc1[nH]c(CCCC)c2ccccc12. The van der Waals surface area contributed by atoms with Crippen LogP contribution in [-0.2, 0) is 12.8 Å². The fraction of sp³-hybridized carbons (Fsp3) is 0.500. The third-order valence-corrected chi connectivity index (χ3v) is 3.44. The van der Waals surface area contributed by atoms with Crippen LogP contribution in [0.25, 0.3) is 10.8 Å². The molecular weight excluding hydrogens is 206 g/mol. The van der Waals surface area contributed by atoms with Gasteiger partial charge in [0.25, 0.3) is 0 Å². The van der Waals surface area contributed by atoms with Crippen molar-refractivity contribution in [3.05, 3.63) is 35.7 Å². The molecule has 0 aliphatic rings. The second-order valence-corrected chi connectivity index (χ2v) is 4.83. The van der Waals surface area contributed by atoms with Gasteiger partial charge in [-0.2, -0.15) is 0 Å². The molecule has 1 heteroatoms. The van der Waals surface area contributed by atoms with Gasteiger partial charge in [-0.15, -0.1) is 0 Å². The molecule has 0 radical (unpaired) electrons. The summed E-state index contributed by atoms with van der Waals surface area (Å²) < 4.78 is 0. The standard InChI is InChI=1S/C16H23N/c1-3-5-11-15-13-9-7-8-10-14(13)16(17-15)12-6-4-2/h7-10,17H,3-6,11-12H2,1-2H3. The van der Waals surface area contributed by atoms with E-state index < -0.39 is 0 Å². The minimum Gasteiger partial charge on any atom is -0.361 e. The smallest absolute Gasteiger partial charge is 0.0229 e. The topological polar surface area (TPSA) is 15.8 Å². The van der Waals surface area contributed by atoms with Crippen molar-refractivity contribution in [1.29, 1.82) is 0 Å². The number of hydrogen-bond acceptors (Lipinski definition) is 0. The number of hydrogen-bond donors (Lipinski definition) is 1. The first kappa shape index (κ1) is 12.2. The van der Waals surface area contributed by atoms with Crippen LogP contribution in [0.3, 0.4) is 0 Å². The molecule has 0 saturated carbocycles. The quantitative estimate of drug-likeness (QED) is 0.728. The van der Waals surface area contributed by atoms with Crippen LogP contribution in [0.15, 0.2) is 24.3 Å². The van der Waals surface area contributed by atoms with E-state index in [9.17, 15) is 0 Å². The molecule has 0 bridgehead atoms. The van der Waals surface area contributed by atoms with E-state index >= 15 is 0 Å². The lowest BCUT2D eigenvalue weighted by Gasteiger charge is -1.97. The maximum Gasteiger partial charge on any atom is 0.0229 e. The Balaban J connectivity index is 2.32. The van der Waals surface area contributed by atoms with E-state index in [1.54, 1.807) is 0 Å². The van der Waals surface area contributed by atoms with Gasteiger partial charge >= 0.3 is 0 Å². The van der Waals surface area contributed by atoms with Crippen LogP contribution in [0, 0.1) is 0 Å². The van der Waals surface area contributed by atoms with Crippen LogP contribution in [0.4, 0.5) is 0 Å². The van der Waals surface area contributed by atoms with Crippen LogP contribution >= 0.6 is 0 Å². The predicted octanol–water partition coefficient (Wildman–Crippen LogP) is 4.85. The fourth-order valence-electron chi connectivity index (χ4n) is 2.43. The number of unbranched alkanes of at least 4 members (excludes halogenated alkanes) is 2. The van der Waals surface area contributed by atoms with Crippen molar-refractivity contribution in [3.8, 4) is 0 Å². The molecule has 0 unspecified atom stereocenters. The maximum atomic E-state index is 3.66. The number of nitrogens with one attached hydrogen (secondary N) is 1. The van der Waals surface area contributed by atoms with Gasteiger partial charge in [-0.05, 0) is 25.7 Å². The molecule has 17 heavy (non-hydrogen) atoms. The minimum atomic E-state index is 1.18. The zero-order valence-corrected chi connectivity index (χ0v) is 11.1. The molecule has 0 fully saturated rings. The van der Waals surface area contributed by atoms with E-state index in [1.807, 2.05) is 0 Å². The number of benzene rings is 1. The van der Waals surface area contributed by atoms with E-state index in [4.69, 9.17) is 0 Å². The zero-order chi connectivity index (χ0) is 12.1. The van der Waals surface area contributed by atoms with Crippen molar-refractivity contribution in [2.45, 2.75) is 52.4 Å². The average molecular weight is 229 g/mol. The highest BCUT2D eigenvalue weighted by molar-refractivity contribution is 5.88. The average Bonchev–Trinajstić information content (AvgIpc) is 2.72. The largest absolute Gasteiger partial charge is 0.361 e. The molecule has 1 aromatic heterocycles. The molecule has 1 heterocycles. The van der Waals surface area contributed by atoms with Gasteiger partial charge in [-0.25, -0.2) is 0 Å². The normalized spacial score (nSPS) is 11.2. The molecular formula is C16H23N. The monoisotopic (exact) mass is 229 g/mol. The Hall–Kier alpha value is -1.24. The lowest BCUT2D eigenvalue weighted by molar-refractivity contribution is 0.761. The Morgan fingerprint density at radius 3 is 1.71 bits per heavy atom. The molecule has 0 spiro atoms. The van der Waals surface area contributed by atoms with Crippen LogP contribution in [0.5, 0.6) is 0 Å². The van der Waals surface area contributed by atoms with Crippen LogP contribution in [-0.4, -0.2) is 4.98 Å². The molecule has 2 aromatic rings. The van der Waals surface area contributed by atoms with Crippen molar-refractivity contribution in [3.63, 3.8) is 0 Å². The third kappa shape index (κ3) is 2.71. The van der Waals surface area contributed by atoms with Gasteiger partial charge in [0.2, 0.25) is 0 Å². The van der Waals surface area contributed by atoms with E-state index in [-0.39, 0.29) is 0 Å². The lowest BCUT2D eigenvalue weighted by atomic mass is 10.1. The van der Waals surface area contributed by atoms with Crippen LogP contribution < -0.4 is 0 Å². The lowest BCUT2D eigenvalue weighted by Crippen LogP contribution is -1.88. The Morgan fingerprint density at radius 2 is 1.29 bits per heavy atom. The first-order valence-corrected chi connectivity index (χ1v) is 6.95. The summed E-state index contributed by atoms with van der Waals surface area (Å²) in [5, 5.41) is 2.87. The zero-order valence-electron chi connectivity index (χ0n) is 11.1. The van der Waals surface area contributed by atoms with E-state index in [0.717, 1.165) is 0 Å². The van der Waals surface area contributed by atoms with Gasteiger partial charge < -0.3 is 4.98 Å². The Bertz CT molecular complexity index is 425. The number of fused-ring (bicyclic) bond motifs is 1. The molecule has 0 aliphatic carbocycles. The first-order valence-electron chi connectivity index (χ1n) is 6.95. The second kappa shape index (κ2) is 5.90. The Labute approximate surface area is 104 Å². The van der Waals surface area contributed by atoms with Gasteiger partial charge in [0.05, 0.1) is 0 Å². The summed E-state index contributed by atoms with van der Waals surface area (Å²) in [5.74, 6) is 0. The Morgan fingerprint density at radius 1 is 0.824 bits per heavy atom. The summed E-state index contributed by atoms with van der Waals surface area (Å²) in [6, 6.07) is 8.81. The van der Waals surface area contributed by atoms with Gasteiger partial charge in [-0.3, -0.25) is 0 Å². The minimum absolute atomic E-state index is 1.18. The molecule has 2 rings (SSSR count). The molecule has 0 aliphatic heterocycles. The second-order valence-electron chi connectivity index (χ2n) is 4.83. The summed E-state index contributed by atoms with van der Waals surface area (Å²) in [5.41, 5.74) is 2.88. The summed E-state index contributed by atoms with van der Waals surface area (Å²) in [7, 11) is 0. The maximum absolute atomic E-state index is 3.66. The van der Waals surface area contributed by atoms with Crippen molar-refractivity contribution in [2.24, 2.45) is 0 Å². The van der Waals surface area contributed by atoms with Gasteiger partial charge in [0.1, 0.15) is 0 Å². The molecule has 0 amide bonds. The number of rotatable bonds is 6. The number of aryl methyl sites for hydroxylation is 2. The van der Waals surface area contributed by atoms with E-state index in [1.165, 1.54) is 60.7 Å². The molecule has 1 N–H and O–H groups in total. The highest BCUT2D eigenvalue weighted by Crippen LogP contribution is 2.25. The first-order chi connectivity index (χ1) is 8.36. The van der Waals surface area contributed by atoms with Crippen LogP contribution in [0.2, 0.25) is 0 Å². The van der Waals surface area contributed by atoms with Gasteiger partial charge in [0.15, 0.2) is 0 Å². The predicted molar refractivity (Wildman–Crippen MR) is 75.5 cm³/mol. The number of H-pyrrole nitrogens is 1. The highest BCUT2D eigenvalue weighted by atomic mass is 14.7. The van der Waals surface area contributed by atoms with Gasteiger partial charge in [-0.1, -0.05) is 51.0 Å². The summed E-state index contributed by atoms with van der Waals surface area (Å²) in [6.45, 7) is 4.51.